The molecule has 0 radical (unpaired) electrons. The van der Waals surface area contributed by atoms with Gasteiger partial charge in [-0.05, 0) is 18.8 Å². The maximum atomic E-state index is 12.9. The number of aliphatic carboxylic acids is 1. The molecule has 1 saturated heterocycles. The van der Waals surface area contributed by atoms with Gasteiger partial charge in [0.05, 0.1) is 19.0 Å². The molecular formula is C19H30N6O6. The number of likely N-dealkylation sites (tertiary alicyclic amines) is 1. The summed E-state index contributed by atoms with van der Waals surface area (Å²) in [5, 5.41) is 24.0. The Balaban J connectivity index is 2.13. The van der Waals surface area contributed by atoms with E-state index in [1.807, 2.05) is 0 Å². The Hall–Kier alpha value is -2.99. The SMILES string of the molecule is CC(C)C(N)C(=O)NC(Cc1cnc[nH]1)C(=O)NC(CO)C(=O)N1CCCC1C(=O)O. The maximum Gasteiger partial charge on any atom is 0.326 e. The fraction of sp³-hybridized carbons (Fsp3) is 0.632. The standard InChI is InChI=1S/C19H30N6O6/c1-10(2)15(20)17(28)23-12(6-11-7-21-9-22-11)16(27)24-13(8-26)18(29)25-5-3-4-14(25)19(30)31/h7,9-10,12-15,26H,3-6,8,20H2,1-2H3,(H,21,22)(H,23,28)(H,24,27)(H,30,31). The highest BCUT2D eigenvalue weighted by molar-refractivity contribution is 5.94. The van der Waals surface area contributed by atoms with Crippen molar-refractivity contribution >= 4 is 23.7 Å². The molecule has 0 saturated carbocycles. The summed E-state index contributed by atoms with van der Waals surface area (Å²) in [6.07, 6.45) is 3.78. The molecule has 12 nitrogen and oxygen atoms in total. The van der Waals surface area contributed by atoms with Crippen molar-refractivity contribution in [1.82, 2.24) is 25.5 Å². The highest BCUT2D eigenvalue weighted by Crippen LogP contribution is 2.18. The lowest BCUT2D eigenvalue weighted by Gasteiger charge is -2.28. The first-order valence-electron chi connectivity index (χ1n) is 10.1. The Morgan fingerprint density at radius 1 is 1.26 bits per heavy atom. The van der Waals surface area contributed by atoms with E-state index in [0.29, 0.717) is 18.5 Å². The lowest BCUT2D eigenvalue weighted by molar-refractivity contribution is -0.150. The summed E-state index contributed by atoms with van der Waals surface area (Å²) in [6.45, 7) is 3.04. The zero-order valence-corrected chi connectivity index (χ0v) is 17.6. The Labute approximate surface area is 179 Å². The first kappa shape index (κ1) is 24.3. The van der Waals surface area contributed by atoms with Crippen LogP contribution in [0.2, 0.25) is 0 Å². The number of aromatic amines is 1. The Morgan fingerprint density at radius 3 is 2.48 bits per heavy atom. The minimum Gasteiger partial charge on any atom is -0.480 e. The Kier molecular flexibility index (Phi) is 8.51. The van der Waals surface area contributed by atoms with Crippen molar-refractivity contribution in [3.8, 4) is 0 Å². The molecule has 1 aromatic rings. The average molecular weight is 438 g/mol. The third-order valence-corrected chi connectivity index (χ3v) is 5.25. The third-order valence-electron chi connectivity index (χ3n) is 5.25. The van der Waals surface area contributed by atoms with Crippen LogP contribution in [-0.4, -0.2) is 86.1 Å². The number of carbonyl (C=O) groups excluding carboxylic acids is 3. The number of H-pyrrole nitrogens is 1. The van der Waals surface area contributed by atoms with E-state index in [9.17, 15) is 29.4 Å². The van der Waals surface area contributed by atoms with Crippen LogP contribution in [-0.2, 0) is 25.6 Å². The molecule has 2 heterocycles. The van der Waals surface area contributed by atoms with E-state index in [-0.39, 0.29) is 18.9 Å². The Bertz CT molecular complexity index is 783. The van der Waals surface area contributed by atoms with Crippen molar-refractivity contribution in [2.45, 2.75) is 57.3 Å². The van der Waals surface area contributed by atoms with Crippen molar-refractivity contribution < 1.29 is 29.4 Å². The van der Waals surface area contributed by atoms with E-state index in [0.717, 1.165) is 4.90 Å². The molecule has 2 rings (SSSR count). The summed E-state index contributed by atoms with van der Waals surface area (Å²) >= 11 is 0. The molecule has 172 valence electrons. The van der Waals surface area contributed by atoms with Crippen molar-refractivity contribution in [1.29, 1.82) is 0 Å². The molecule has 3 amide bonds. The van der Waals surface area contributed by atoms with Crippen LogP contribution in [0.3, 0.4) is 0 Å². The van der Waals surface area contributed by atoms with E-state index in [1.54, 1.807) is 13.8 Å². The van der Waals surface area contributed by atoms with Gasteiger partial charge in [0.15, 0.2) is 0 Å². The van der Waals surface area contributed by atoms with Crippen molar-refractivity contribution in [3.05, 3.63) is 18.2 Å². The normalized spacial score (nSPS) is 19.0. The molecule has 1 aromatic heterocycles. The van der Waals surface area contributed by atoms with E-state index >= 15 is 0 Å². The highest BCUT2D eigenvalue weighted by Gasteiger charge is 2.38. The summed E-state index contributed by atoms with van der Waals surface area (Å²) in [6, 6.07) is -4.27. The van der Waals surface area contributed by atoms with Crippen LogP contribution >= 0.6 is 0 Å². The predicted octanol–water partition coefficient (Wildman–Crippen LogP) is -2.03. The summed E-state index contributed by atoms with van der Waals surface area (Å²) in [5.41, 5.74) is 6.43. The lowest BCUT2D eigenvalue weighted by Crippen LogP contribution is -2.59. The van der Waals surface area contributed by atoms with E-state index in [2.05, 4.69) is 20.6 Å². The van der Waals surface area contributed by atoms with Gasteiger partial charge in [0.25, 0.3) is 0 Å². The zero-order valence-electron chi connectivity index (χ0n) is 17.6. The quantitative estimate of drug-likeness (QED) is 0.241. The molecule has 0 spiro atoms. The van der Waals surface area contributed by atoms with Gasteiger partial charge in [-0.25, -0.2) is 9.78 Å². The van der Waals surface area contributed by atoms with Crippen LogP contribution in [0.25, 0.3) is 0 Å². The number of carbonyl (C=O) groups is 4. The van der Waals surface area contributed by atoms with Gasteiger partial charge in [-0.15, -0.1) is 0 Å². The first-order valence-corrected chi connectivity index (χ1v) is 10.1. The number of aliphatic hydroxyl groups excluding tert-OH is 1. The van der Waals surface area contributed by atoms with Crippen LogP contribution in [0, 0.1) is 5.92 Å². The van der Waals surface area contributed by atoms with Crippen LogP contribution < -0.4 is 16.4 Å². The highest BCUT2D eigenvalue weighted by atomic mass is 16.4. The zero-order chi connectivity index (χ0) is 23.1. The number of carboxylic acids is 1. The van der Waals surface area contributed by atoms with Crippen molar-refractivity contribution in [2.24, 2.45) is 11.7 Å². The molecule has 0 aromatic carbocycles. The second kappa shape index (κ2) is 10.9. The fourth-order valence-corrected chi connectivity index (χ4v) is 3.34. The van der Waals surface area contributed by atoms with Gasteiger partial charge in [0, 0.05) is 24.9 Å². The number of hydrogen-bond donors (Lipinski definition) is 6. The predicted molar refractivity (Wildman–Crippen MR) is 108 cm³/mol. The number of imidazole rings is 1. The number of hydrogen-bond acceptors (Lipinski definition) is 7. The molecule has 12 heteroatoms. The summed E-state index contributed by atoms with van der Waals surface area (Å²) in [7, 11) is 0. The minimum absolute atomic E-state index is 0.0518. The topological polar surface area (TPSA) is 191 Å². The van der Waals surface area contributed by atoms with Gasteiger partial charge >= 0.3 is 5.97 Å². The van der Waals surface area contributed by atoms with E-state index in [4.69, 9.17) is 5.73 Å². The average Bonchev–Trinajstić information content (AvgIpc) is 3.41. The number of carboxylic acid groups (broad SMARTS) is 1. The van der Waals surface area contributed by atoms with Gasteiger partial charge in [-0.1, -0.05) is 13.8 Å². The van der Waals surface area contributed by atoms with Crippen molar-refractivity contribution in [2.75, 3.05) is 13.2 Å². The molecule has 1 aliphatic rings. The largest absolute Gasteiger partial charge is 0.480 e. The molecule has 31 heavy (non-hydrogen) atoms. The maximum absolute atomic E-state index is 12.9. The molecule has 4 unspecified atom stereocenters. The van der Waals surface area contributed by atoms with Crippen LogP contribution in [0.4, 0.5) is 0 Å². The number of rotatable bonds is 10. The molecule has 4 atom stereocenters. The van der Waals surface area contributed by atoms with Gasteiger partial charge in [-0.2, -0.15) is 0 Å². The fourth-order valence-electron chi connectivity index (χ4n) is 3.34. The number of nitrogens with two attached hydrogens (primary N) is 1. The smallest absolute Gasteiger partial charge is 0.326 e. The van der Waals surface area contributed by atoms with Crippen LogP contribution in [0.1, 0.15) is 32.4 Å². The van der Waals surface area contributed by atoms with Crippen LogP contribution in [0.5, 0.6) is 0 Å². The number of aliphatic hydroxyl groups is 1. The first-order chi connectivity index (χ1) is 14.6. The minimum atomic E-state index is -1.34. The van der Waals surface area contributed by atoms with Gasteiger partial charge < -0.3 is 36.5 Å². The molecule has 1 aliphatic heterocycles. The van der Waals surface area contributed by atoms with Crippen molar-refractivity contribution in [3.63, 3.8) is 0 Å². The van der Waals surface area contributed by atoms with Crippen LogP contribution in [0.15, 0.2) is 12.5 Å². The summed E-state index contributed by atoms with van der Waals surface area (Å²) in [4.78, 5) is 57.3. The van der Waals surface area contributed by atoms with Gasteiger partial charge in [0.2, 0.25) is 17.7 Å². The molecule has 0 aliphatic carbocycles. The Morgan fingerprint density at radius 2 is 1.94 bits per heavy atom. The van der Waals surface area contributed by atoms with E-state index < -0.39 is 54.5 Å². The molecule has 1 fully saturated rings. The van der Waals surface area contributed by atoms with E-state index in [1.165, 1.54) is 12.5 Å². The number of nitrogens with zero attached hydrogens (tertiary/aromatic N) is 2. The lowest BCUT2D eigenvalue weighted by atomic mass is 10.0. The second-order valence-corrected chi connectivity index (χ2v) is 7.88. The number of amides is 3. The second-order valence-electron chi connectivity index (χ2n) is 7.88. The molecule has 0 bridgehead atoms. The summed E-state index contributed by atoms with van der Waals surface area (Å²) < 4.78 is 0. The number of nitrogens with one attached hydrogen (secondary N) is 3. The third kappa shape index (κ3) is 6.25. The number of aromatic nitrogens is 2. The molecule has 7 N–H and O–H groups in total. The summed E-state index contributed by atoms with van der Waals surface area (Å²) in [5.74, 6) is -3.23. The van der Waals surface area contributed by atoms with Gasteiger partial charge in [-0.3, -0.25) is 14.4 Å². The molecular weight excluding hydrogens is 408 g/mol. The van der Waals surface area contributed by atoms with Gasteiger partial charge in [0.1, 0.15) is 18.1 Å². The monoisotopic (exact) mass is 438 g/mol.